The average molecular weight is 367 g/mol. The molecule has 0 bridgehead atoms. The van der Waals surface area contributed by atoms with Crippen molar-refractivity contribution < 1.29 is 0 Å². The van der Waals surface area contributed by atoms with E-state index in [1.54, 1.807) is 0 Å². The van der Waals surface area contributed by atoms with Crippen LogP contribution in [0.5, 0.6) is 0 Å². The van der Waals surface area contributed by atoms with Crippen molar-refractivity contribution in [2.24, 2.45) is 5.92 Å². The van der Waals surface area contributed by atoms with Gasteiger partial charge in [-0.15, -0.1) is 12.4 Å². The van der Waals surface area contributed by atoms with Gasteiger partial charge in [-0.1, -0.05) is 49.4 Å². The van der Waals surface area contributed by atoms with E-state index in [0.29, 0.717) is 6.04 Å². The molecule has 1 aliphatic rings. The predicted octanol–water partition coefficient (Wildman–Crippen LogP) is 5.89. The molecule has 3 aromatic rings. The molecule has 2 atom stereocenters. The number of nitrogens with zero attached hydrogens (tertiary/aromatic N) is 2. The maximum absolute atomic E-state index is 4.18. The van der Waals surface area contributed by atoms with E-state index >= 15 is 0 Å². The van der Waals surface area contributed by atoms with E-state index in [0.717, 1.165) is 18.9 Å². The molecule has 0 N–H and O–H groups in total. The number of halogens is 1. The predicted molar refractivity (Wildman–Crippen MR) is 113 cm³/mol. The van der Waals surface area contributed by atoms with E-state index < -0.39 is 0 Å². The number of fused-ring (bicyclic) bond motifs is 1. The number of hydrogen-bond donors (Lipinski definition) is 0. The third kappa shape index (κ3) is 4.19. The summed E-state index contributed by atoms with van der Waals surface area (Å²) >= 11 is 0. The van der Waals surface area contributed by atoms with Crippen LogP contribution in [-0.2, 0) is 6.42 Å². The lowest BCUT2D eigenvalue weighted by atomic mass is 9.90. The van der Waals surface area contributed by atoms with Gasteiger partial charge in [0.2, 0.25) is 0 Å². The topological polar surface area (TPSA) is 16.1 Å². The second kappa shape index (κ2) is 8.55. The number of pyridine rings is 1. The van der Waals surface area contributed by atoms with Crippen molar-refractivity contribution in [2.45, 2.75) is 38.6 Å². The molecule has 1 fully saturated rings. The van der Waals surface area contributed by atoms with Gasteiger partial charge in [0.05, 0.1) is 0 Å². The highest BCUT2D eigenvalue weighted by Gasteiger charge is 2.26. The first-order valence-corrected chi connectivity index (χ1v) is 9.44. The van der Waals surface area contributed by atoms with E-state index in [1.165, 1.54) is 41.3 Å². The zero-order chi connectivity index (χ0) is 17.1. The third-order valence-corrected chi connectivity index (χ3v) is 5.52. The fourth-order valence-electron chi connectivity index (χ4n) is 4.09. The Hall–Kier alpha value is -2.06. The van der Waals surface area contributed by atoms with Gasteiger partial charge in [0, 0.05) is 30.7 Å². The van der Waals surface area contributed by atoms with Crippen molar-refractivity contribution in [3.8, 4) is 0 Å². The Kier molecular flexibility index (Phi) is 6.16. The van der Waals surface area contributed by atoms with Crippen molar-refractivity contribution >= 4 is 28.9 Å². The van der Waals surface area contributed by atoms with Crippen LogP contribution in [0.1, 0.15) is 31.7 Å². The zero-order valence-corrected chi connectivity index (χ0v) is 16.2. The Balaban J connectivity index is 0.00000196. The van der Waals surface area contributed by atoms with Crippen molar-refractivity contribution in [1.82, 2.24) is 4.98 Å². The van der Waals surface area contributed by atoms with Crippen LogP contribution in [0, 0.1) is 5.92 Å². The lowest BCUT2D eigenvalue weighted by molar-refractivity contribution is 0.363. The quantitative estimate of drug-likeness (QED) is 0.571. The van der Waals surface area contributed by atoms with Crippen LogP contribution in [-0.4, -0.2) is 17.6 Å². The summed E-state index contributed by atoms with van der Waals surface area (Å²) in [5, 5.41) is 2.68. The highest BCUT2D eigenvalue weighted by molar-refractivity contribution is 5.85. The first-order chi connectivity index (χ1) is 12.3. The van der Waals surface area contributed by atoms with Crippen molar-refractivity contribution in [2.75, 3.05) is 11.4 Å². The molecule has 0 amide bonds. The number of aryl methyl sites for hydroxylation is 1. The summed E-state index contributed by atoms with van der Waals surface area (Å²) in [4.78, 5) is 6.79. The molecule has 2 unspecified atom stereocenters. The molecule has 0 saturated carbocycles. The van der Waals surface area contributed by atoms with Gasteiger partial charge in [-0.05, 0) is 60.1 Å². The smallest absolute Gasteiger partial charge is 0.0399 e. The van der Waals surface area contributed by atoms with Gasteiger partial charge in [0.1, 0.15) is 0 Å². The van der Waals surface area contributed by atoms with Crippen LogP contribution < -0.4 is 4.90 Å². The van der Waals surface area contributed by atoms with Crippen molar-refractivity contribution in [3.05, 3.63) is 72.6 Å². The molecule has 1 aromatic heterocycles. The van der Waals surface area contributed by atoms with Crippen LogP contribution in [0.2, 0.25) is 0 Å². The van der Waals surface area contributed by atoms with Crippen LogP contribution in [0.15, 0.2) is 67.0 Å². The minimum Gasteiger partial charge on any atom is -0.368 e. The fourth-order valence-corrected chi connectivity index (χ4v) is 4.09. The normalized spacial score (nSPS) is 20.0. The van der Waals surface area contributed by atoms with Crippen LogP contribution in [0.25, 0.3) is 10.8 Å². The molecule has 2 nitrogen and oxygen atoms in total. The minimum absolute atomic E-state index is 0. The van der Waals surface area contributed by atoms with Gasteiger partial charge in [0.25, 0.3) is 0 Å². The Morgan fingerprint density at radius 2 is 1.73 bits per heavy atom. The molecule has 136 valence electrons. The fraction of sp³-hybridized carbons (Fsp3) is 0.348. The molecular formula is C23H27ClN2. The van der Waals surface area contributed by atoms with Gasteiger partial charge in [-0.25, -0.2) is 0 Å². The van der Waals surface area contributed by atoms with Gasteiger partial charge < -0.3 is 4.90 Å². The standard InChI is InChI=1S/C23H26N2.ClH/c1-18-6-10-22(25(17-18)23-12-14-24-15-13-23)11-8-19-7-9-20-4-2-3-5-21(20)16-19;/h2-5,7,9,12-16,18,22H,6,8,10-11,17H2,1H3;1H. The molecule has 1 aliphatic heterocycles. The highest BCUT2D eigenvalue weighted by Crippen LogP contribution is 2.30. The van der Waals surface area contributed by atoms with E-state index in [2.05, 4.69) is 71.4 Å². The van der Waals surface area contributed by atoms with Crippen molar-refractivity contribution in [3.63, 3.8) is 0 Å². The number of benzene rings is 2. The van der Waals surface area contributed by atoms with Gasteiger partial charge >= 0.3 is 0 Å². The van der Waals surface area contributed by atoms with Gasteiger partial charge in [0.15, 0.2) is 0 Å². The monoisotopic (exact) mass is 366 g/mol. The molecule has 4 rings (SSSR count). The zero-order valence-electron chi connectivity index (χ0n) is 15.3. The molecular weight excluding hydrogens is 340 g/mol. The summed E-state index contributed by atoms with van der Waals surface area (Å²) in [7, 11) is 0. The molecule has 0 radical (unpaired) electrons. The summed E-state index contributed by atoms with van der Waals surface area (Å²) < 4.78 is 0. The molecule has 1 saturated heterocycles. The Morgan fingerprint density at radius 3 is 2.54 bits per heavy atom. The van der Waals surface area contributed by atoms with E-state index in [-0.39, 0.29) is 12.4 Å². The van der Waals surface area contributed by atoms with Crippen molar-refractivity contribution in [1.29, 1.82) is 0 Å². The van der Waals surface area contributed by atoms with E-state index in [4.69, 9.17) is 0 Å². The maximum Gasteiger partial charge on any atom is 0.0399 e. The first-order valence-electron chi connectivity index (χ1n) is 9.44. The molecule has 3 heteroatoms. The highest BCUT2D eigenvalue weighted by atomic mass is 35.5. The first kappa shape index (κ1) is 18.7. The number of piperidine rings is 1. The lowest BCUT2D eigenvalue weighted by Crippen LogP contribution is -2.43. The minimum atomic E-state index is 0. The summed E-state index contributed by atoms with van der Waals surface area (Å²) in [6.45, 7) is 3.53. The molecule has 0 spiro atoms. The van der Waals surface area contributed by atoms with Crippen LogP contribution >= 0.6 is 12.4 Å². The summed E-state index contributed by atoms with van der Waals surface area (Å²) in [5.41, 5.74) is 2.78. The number of aromatic nitrogens is 1. The molecule has 26 heavy (non-hydrogen) atoms. The third-order valence-electron chi connectivity index (χ3n) is 5.52. The summed E-state index contributed by atoms with van der Waals surface area (Å²) in [6, 6.07) is 20.5. The summed E-state index contributed by atoms with van der Waals surface area (Å²) in [6.07, 6.45) is 8.81. The van der Waals surface area contributed by atoms with Gasteiger partial charge in [-0.2, -0.15) is 0 Å². The Morgan fingerprint density at radius 1 is 0.962 bits per heavy atom. The SMILES string of the molecule is CC1CCC(CCc2ccc3ccccc3c2)N(c2ccncc2)C1.Cl. The van der Waals surface area contributed by atoms with E-state index in [1.807, 2.05) is 12.4 Å². The molecule has 0 aliphatic carbocycles. The van der Waals surface area contributed by atoms with Gasteiger partial charge in [-0.3, -0.25) is 4.98 Å². The maximum atomic E-state index is 4.18. The second-order valence-corrected chi connectivity index (χ2v) is 7.41. The molecule has 2 heterocycles. The van der Waals surface area contributed by atoms with Crippen LogP contribution in [0.3, 0.4) is 0 Å². The van der Waals surface area contributed by atoms with Crippen LogP contribution in [0.4, 0.5) is 5.69 Å². The Bertz CT molecular complexity index is 834. The number of hydrogen-bond acceptors (Lipinski definition) is 2. The second-order valence-electron chi connectivity index (χ2n) is 7.41. The number of anilines is 1. The lowest BCUT2D eigenvalue weighted by Gasteiger charge is -2.40. The Labute approximate surface area is 162 Å². The van der Waals surface area contributed by atoms with E-state index in [9.17, 15) is 0 Å². The largest absolute Gasteiger partial charge is 0.368 e. The summed E-state index contributed by atoms with van der Waals surface area (Å²) in [5.74, 6) is 0.769. The number of rotatable bonds is 4. The molecule has 2 aromatic carbocycles. The average Bonchev–Trinajstić information content (AvgIpc) is 2.67.